The molecule has 0 rings (SSSR count). The standard InChI is InChI=1S/C52H91N2O6P/c1-6-8-10-12-14-15-16-17-18-19-20-21-22-23-24-25-26-27-28-29-30-31-32-33-34-35-36-37-38-39-40-42-44-46-52(56)53-50(51(55)45-43-41-13-11-9-7-2)49-60-61(57,58)59-48-47-54(3,4)5/h8,10,14-15,17-18,20-21,23-24,26-27,29-30,32-33,50-51,55H,6-7,9,11-13,16,19,22,25,28,31,34-49H2,1-5H3,(H-,53,56,57,58)/p+1/b10-8-,15-14-,18-17-,21-20-,24-23-,27-26-,30-29-,33-32-. The molecule has 0 radical (unpaired) electrons. The smallest absolute Gasteiger partial charge is 0.391 e. The minimum atomic E-state index is -4.31. The summed E-state index contributed by atoms with van der Waals surface area (Å²) in [5, 5.41) is 13.8. The highest BCUT2D eigenvalue weighted by Crippen LogP contribution is 2.43. The van der Waals surface area contributed by atoms with Gasteiger partial charge in [-0.1, -0.05) is 188 Å². The van der Waals surface area contributed by atoms with Gasteiger partial charge in [-0.3, -0.25) is 13.8 Å². The van der Waals surface area contributed by atoms with Gasteiger partial charge >= 0.3 is 7.82 Å². The van der Waals surface area contributed by atoms with Crippen LogP contribution in [0.1, 0.15) is 174 Å². The molecule has 0 aromatic rings. The lowest BCUT2D eigenvalue weighted by Crippen LogP contribution is -2.46. The van der Waals surface area contributed by atoms with Crippen molar-refractivity contribution in [3.63, 3.8) is 0 Å². The van der Waals surface area contributed by atoms with Gasteiger partial charge in [0.2, 0.25) is 5.91 Å². The van der Waals surface area contributed by atoms with Gasteiger partial charge in [0.25, 0.3) is 0 Å². The fourth-order valence-electron chi connectivity index (χ4n) is 6.29. The predicted molar refractivity (Wildman–Crippen MR) is 262 cm³/mol. The van der Waals surface area contributed by atoms with Gasteiger partial charge in [0.15, 0.2) is 0 Å². The summed E-state index contributed by atoms with van der Waals surface area (Å²) in [5.74, 6) is -0.164. The van der Waals surface area contributed by atoms with Crippen molar-refractivity contribution in [2.75, 3.05) is 40.9 Å². The molecular formula is C52H92N2O6P+. The third kappa shape index (κ3) is 45.3. The Morgan fingerprint density at radius 2 is 0.984 bits per heavy atom. The maximum Gasteiger partial charge on any atom is 0.472 e. The molecule has 0 spiro atoms. The largest absolute Gasteiger partial charge is 0.472 e. The second kappa shape index (κ2) is 42.7. The topological polar surface area (TPSA) is 105 Å². The Morgan fingerprint density at radius 1 is 0.574 bits per heavy atom. The van der Waals surface area contributed by atoms with Crippen LogP contribution in [-0.4, -0.2) is 73.4 Å². The third-order valence-corrected chi connectivity index (χ3v) is 11.1. The molecule has 0 fully saturated rings. The fraction of sp³-hybridized carbons (Fsp3) is 0.673. The van der Waals surface area contributed by atoms with Gasteiger partial charge in [-0.05, 0) is 77.0 Å². The molecule has 8 nitrogen and oxygen atoms in total. The second-order valence-corrected chi connectivity index (χ2v) is 18.6. The Hall–Kier alpha value is -2.58. The van der Waals surface area contributed by atoms with Crippen molar-refractivity contribution in [2.24, 2.45) is 0 Å². The molecule has 1 amide bonds. The number of amides is 1. The van der Waals surface area contributed by atoms with Crippen LogP contribution in [0.4, 0.5) is 0 Å². The van der Waals surface area contributed by atoms with E-state index in [1.54, 1.807) is 0 Å². The molecule has 0 bridgehead atoms. The maximum atomic E-state index is 12.8. The number of nitrogens with zero attached hydrogens (tertiary/aromatic N) is 1. The number of phosphoric acid groups is 1. The van der Waals surface area contributed by atoms with Crippen LogP contribution in [0.2, 0.25) is 0 Å². The molecule has 0 heterocycles. The van der Waals surface area contributed by atoms with Gasteiger partial charge in [-0.15, -0.1) is 0 Å². The van der Waals surface area contributed by atoms with Crippen LogP contribution in [0, 0.1) is 0 Å². The molecule has 61 heavy (non-hydrogen) atoms. The maximum absolute atomic E-state index is 12.8. The zero-order valence-corrected chi connectivity index (χ0v) is 40.5. The minimum Gasteiger partial charge on any atom is -0.391 e. The van der Waals surface area contributed by atoms with E-state index < -0.39 is 20.0 Å². The predicted octanol–water partition coefficient (Wildman–Crippen LogP) is 13.9. The van der Waals surface area contributed by atoms with E-state index in [1.807, 2.05) is 21.1 Å². The molecule has 0 aliphatic rings. The molecule has 350 valence electrons. The normalized spacial score (nSPS) is 15.1. The summed E-state index contributed by atoms with van der Waals surface area (Å²) in [5.41, 5.74) is 0. The average Bonchev–Trinajstić information content (AvgIpc) is 3.21. The van der Waals surface area contributed by atoms with E-state index in [1.165, 1.54) is 51.4 Å². The summed E-state index contributed by atoms with van der Waals surface area (Å²) >= 11 is 0. The van der Waals surface area contributed by atoms with Crippen LogP contribution in [0.3, 0.4) is 0 Å². The third-order valence-electron chi connectivity index (χ3n) is 10.1. The Kier molecular flexibility index (Phi) is 40.9. The highest BCUT2D eigenvalue weighted by atomic mass is 31.2. The Bertz CT molecular complexity index is 1310. The number of nitrogens with one attached hydrogen (secondary N) is 1. The van der Waals surface area contributed by atoms with Crippen molar-refractivity contribution in [3.05, 3.63) is 97.2 Å². The number of carbonyl (C=O) groups is 1. The first-order chi connectivity index (χ1) is 29.5. The monoisotopic (exact) mass is 872 g/mol. The summed E-state index contributed by atoms with van der Waals surface area (Å²) in [4.78, 5) is 23.0. The lowest BCUT2D eigenvalue weighted by atomic mass is 10.0. The number of rotatable bonds is 42. The average molecular weight is 872 g/mol. The van der Waals surface area contributed by atoms with Crippen molar-refractivity contribution in [1.29, 1.82) is 0 Å². The quantitative estimate of drug-likeness (QED) is 0.0244. The molecule has 0 aromatic carbocycles. The number of hydrogen-bond acceptors (Lipinski definition) is 5. The van der Waals surface area contributed by atoms with E-state index in [4.69, 9.17) is 9.05 Å². The number of carbonyl (C=O) groups excluding carboxylic acids is 1. The minimum absolute atomic E-state index is 0.0672. The van der Waals surface area contributed by atoms with E-state index in [0.717, 1.165) is 96.3 Å². The number of hydrogen-bond donors (Lipinski definition) is 3. The van der Waals surface area contributed by atoms with Crippen LogP contribution in [-0.2, 0) is 18.4 Å². The lowest BCUT2D eigenvalue weighted by molar-refractivity contribution is -0.870. The number of aliphatic hydroxyl groups is 1. The van der Waals surface area contributed by atoms with Gasteiger partial charge in [0, 0.05) is 6.42 Å². The van der Waals surface area contributed by atoms with Gasteiger partial charge in [-0.25, -0.2) is 4.57 Å². The fourth-order valence-corrected chi connectivity index (χ4v) is 7.03. The molecule has 3 atom stereocenters. The van der Waals surface area contributed by atoms with E-state index in [9.17, 15) is 19.4 Å². The summed E-state index contributed by atoms with van der Waals surface area (Å²) in [6, 6.07) is -0.768. The molecule has 0 aliphatic carbocycles. The Labute approximate surface area is 375 Å². The lowest BCUT2D eigenvalue weighted by Gasteiger charge is -2.26. The molecular weight excluding hydrogens is 780 g/mol. The number of allylic oxidation sites excluding steroid dienone is 16. The number of quaternary nitrogens is 1. The molecule has 0 aromatic heterocycles. The molecule has 9 heteroatoms. The molecule has 0 saturated heterocycles. The molecule has 0 saturated carbocycles. The first kappa shape index (κ1) is 58.4. The first-order valence-corrected chi connectivity index (χ1v) is 25.6. The highest BCUT2D eigenvalue weighted by Gasteiger charge is 2.28. The number of unbranched alkanes of at least 4 members (excludes halogenated alkanes) is 13. The highest BCUT2D eigenvalue weighted by molar-refractivity contribution is 7.47. The summed E-state index contributed by atoms with van der Waals surface area (Å²) < 4.78 is 23.5. The van der Waals surface area contributed by atoms with Gasteiger partial charge < -0.3 is 19.8 Å². The summed E-state index contributed by atoms with van der Waals surface area (Å²) in [6.45, 7) is 4.67. The first-order valence-electron chi connectivity index (χ1n) is 24.1. The number of aliphatic hydroxyl groups excluding tert-OH is 1. The Balaban J connectivity index is 4.04. The van der Waals surface area contributed by atoms with Crippen molar-refractivity contribution in [2.45, 2.75) is 187 Å². The van der Waals surface area contributed by atoms with E-state index in [-0.39, 0.29) is 19.1 Å². The van der Waals surface area contributed by atoms with E-state index in [0.29, 0.717) is 23.9 Å². The van der Waals surface area contributed by atoms with Crippen LogP contribution in [0.15, 0.2) is 97.2 Å². The SMILES string of the molecule is CC/C=C\C/C=C\C/C=C\C/C=C\C/C=C\C/C=C\C/C=C\C/C=C\CCCCCCCCCCC(=O)NC(COP(=O)(O)OCC[N+](C)(C)C)C(O)CCCCCCCC. The summed E-state index contributed by atoms with van der Waals surface area (Å²) in [7, 11) is 1.59. The van der Waals surface area contributed by atoms with Crippen LogP contribution < -0.4 is 5.32 Å². The zero-order chi connectivity index (χ0) is 45.0. The number of phosphoric ester groups is 1. The van der Waals surface area contributed by atoms with Crippen molar-refractivity contribution in [1.82, 2.24) is 5.32 Å². The molecule has 3 N–H and O–H groups in total. The zero-order valence-electron chi connectivity index (χ0n) is 39.6. The van der Waals surface area contributed by atoms with Gasteiger partial charge in [-0.2, -0.15) is 0 Å². The van der Waals surface area contributed by atoms with E-state index >= 15 is 0 Å². The van der Waals surface area contributed by atoms with Gasteiger partial charge in [0.1, 0.15) is 13.2 Å². The van der Waals surface area contributed by atoms with Crippen molar-refractivity contribution >= 4 is 13.7 Å². The van der Waals surface area contributed by atoms with E-state index in [2.05, 4.69) is 116 Å². The number of likely N-dealkylation sites (N-methyl/N-ethyl adjacent to an activating group) is 1. The molecule has 3 unspecified atom stereocenters. The van der Waals surface area contributed by atoms with Crippen LogP contribution >= 0.6 is 7.82 Å². The second-order valence-electron chi connectivity index (χ2n) is 17.1. The van der Waals surface area contributed by atoms with Crippen molar-refractivity contribution < 1.29 is 32.9 Å². The Morgan fingerprint density at radius 3 is 1.44 bits per heavy atom. The van der Waals surface area contributed by atoms with Gasteiger partial charge in [0.05, 0.1) is 39.9 Å². The molecule has 0 aliphatic heterocycles. The van der Waals surface area contributed by atoms with Crippen LogP contribution in [0.5, 0.6) is 0 Å². The van der Waals surface area contributed by atoms with Crippen molar-refractivity contribution in [3.8, 4) is 0 Å². The van der Waals surface area contributed by atoms with Crippen LogP contribution in [0.25, 0.3) is 0 Å². The summed E-state index contributed by atoms with van der Waals surface area (Å²) in [6.07, 6.45) is 60.5.